The van der Waals surface area contributed by atoms with Gasteiger partial charge in [-0.25, -0.2) is 0 Å². The number of nitrogens with zero attached hydrogens (tertiary/aromatic N) is 1. The molecule has 0 spiro atoms. The summed E-state index contributed by atoms with van der Waals surface area (Å²) in [6.07, 6.45) is 0. The van der Waals surface area contributed by atoms with Crippen LogP contribution < -0.4 is 0 Å². The van der Waals surface area contributed by atoms with Gasteiger partial charge in [0.2, 0.25) is 0 Å². The predicted octanol–water partition coefficient (Wildman–Crippen LogP) is 14.7. The molecule has 0 atom stereocenters. The van der Waals surface area contributed by atoms with Gasteiger partial charge in [0.05, 0.1) is 11.0 Å². The first kappa shape index (κ1) is 30.1. The van der Waals surface area contributed by atoms with Gasteiger partial charge in [0, 0.05) is 52.8 Å². The summed E-state index contributed by atoms with van der Waals surface area (Å²) in [5.74, 6) is 0. The molecule has 11 aromatic rings. The molecule has 0 bridgehead atoms. The molecule has 12 rings (SSSR count). The maximum absolute atomic E-state index is 6.18. The second-order valence-corrected chi connectivity index (χ2v) is 16.4. The third-order valence-electron chi connectivity index (χ3n) is 12.0. The third-order valence-corrected chi connectivity index (χ3v) is 13.1. The molecule has 1 aliphatic rings. The van der Waals surface area contributed by atoms with Crippen molar-refractivity contribution in [2.75, 3.05) is 0 Å². The largest absolute Gasteiger partial charge is 0.456 e. The van der Waals surface area contributed by atoms with Crippen molar-refractivity contribution in [1.82, 2.24) is 4.57 Å². The van der Waals surface area contributed by atoms with Gasteiger partial charge in [-0.2, -0.15) is 0 Å². The number of hydrogen-bond donors (Lipinski definition) is 0. The summed E-state index contributed by atoms with van der Waals surface area (Å²) in [6, 6.07) is 60.3. The Balaban J connectivity index is 1.07. The highest BCUT2D eigenvalue weighted by atomic mass is 32.1. The van der Waals surface area contributed by atoms with E-state index in [-0.39, 0.29) is 5.41 Å². The average molecular weight is 708 g/mol. The summed E-state index contributed by atoms with van der Waals surface area (Å²) in [4.78, 5) is 0. The second kappa shape index (κ2) is 10.8. The summed E-state index contributed by atoms with van der Waals surface area (Å²) in [5, 5.41) is 7.56. The van der Waals surface area contributed by atoms with Crippen molar-refractivity contribution < 1.29 is 4.42 Å². The minimum Gasteiger partial charge on any atom is -0.456 e. The quantitative estimate of drug-likeness (QED) is 0.179. The van der Waals surface area contributed by atoms with Crippen LogP contribution in [0.1, 0.15) is 25.0 Å². The first-order chi connectivity index (χ1) is 26.5. The Morgan fingerprint density at radius 3 is 1.89 bits per heavy atom. The molecule has 3 aromatic heterocycles. The molecule has 3 heteroatoms. The van der Waals surface area contributed by atoms with Gasteiger partial charge in [-0.1, -0.05) is 111 Å². The first-order valence-electron chi connectivity index (χ1n) is 18.7. The lowest BCUT2D eigenvalue weighted by Crippen LogP contribution is -2.15. The molecule has 8 aromatic carbocycles. The predicted molar refractivity (Wildman–Crippen MR) is 229 cm³/mol. The van der Waals surface area contributed by atoms with Crippen molar-refractivity contribution in [3.8, 4) is 39.1 Å². The van der Waals surface area contributed by atoms with Gasteiger partial charge >= 0.3 is 0 Å². The van der Waals surface area contributed by atoms with Crippen LogP contribution in [-0.4, -0.2) is 4.57 Å². The van der Waals surface area contributed by atoms with E-state index in [2.05, 4.69) is 170 Å². The number of para-hydroxylation sites is 1. The van der Waals surface area contributed by atoms with Crippen molar-refractivity contribution >= 4 is 75.3 Å². The third kappa shape index (κ3) is 4.10. The molecule has 0 saturated carbocycles. The summed E-state index contributed by atoms with van der Waals surface area (Å²) in [6.45, 7) is 4.83. The van der Waals surface area contributed by atoms with Crippen molar-refractivity contribution in [1.29, 1.82) is 0 Å². The number of rotatable bonds is 3. The lowest BCUT2D eigenvalue weighted by atomic mass is 9.80. The van der Waals surface area contributed by atoms with Crippen LogP contribution in [0.25, 0.3) is 103 Å². The van der Waals surface area contributed by atoms with Gasteiger partial charge in [0.1, 0.15) is 11.2 Å². The van der Waals surface area contributed by atoms with E-state index < -0.39 is 0 Å². The van der Waals surface area contributed by atoms with Gasteiger partial charge in [-0.15, -0.1) is 11.3 Å². The fraction of sp³-hybridized carbons (Fsp3) is 0.0588. The molecule has 0 aliphatic heterocycles. The highest BCUT2D eigenvalue weighted by molar-refractivity contribution is 7.25. The molecule has 0 fully saturated rings. The zero-order valence-electron chi connectivity index (χ0n) is 29.9. The first-order valence-corrected chi connectivity index (χ1v) is 19.5. The zero-order chi connectivity index (χ0) is 35.7. The number of aromatic nitrogens is 1. The van der Waals surface area contributed by atoms with Crippen molar-refractivity contribution in [3.05, 3.63) is 175 Å². The van der Waals surface area contributed by atoms with E-state index in [1.54, 1.807) is 0 Å². The molecule has 0 unspecified atom stereocenters. The summed E-state index contributed by atoms with van der Waals surface area (Å²) >= 11 is 1.90. The molecule has 254 valence electrons. The van der Waals surface area contributed by atoms with Gasteiger partial charge in [0.25, 0.3) is 0 Å². The minimum atomic E-state index is -0.160. The lowest BCUT2D eigenvalue weighted by molar-refractivity contribution is 0.666. The summed E-state index contributed by atoms with van der Waals surface area (Å²) < 4.78 is 11.4. The van der Waals surface area contributed by atoms with Gasteiger partial charge in [0.15, 0.2) is 0 Å². The highest BCUT2D eigenvalue weighted by Crippen LogP contribution is 2.54. The fourth-order valence-electron chi connectivity index (χ4n) is 9.45. The molecule has 1 aliphatic carbocycles. The molecule has 2 nitrogen and oxygen atoms in total. The fourth-order valence-corrected chi connectivity index (χ4v) is 10.6. The standard InChI is InChI=1S/C51H33NOS/c1-51(2)42-29-34(19-20-35(42)37-21-25-48-49(50(37)51)38-13-7-9-15-47(38)54-48)52-43-22-16-31(30-10-4-3-5-11-30)26-39(43)40-27-32(17-23-44(40)52)33-18-24-46-41(28-33)36-12-6-8-14-45(36)53-46/h3-29H,1-2H3. The van der Waals surface area contributed by atoms with Crippen LogP contribution >= 0.6 is 11.3 Å². The van der Waals surface area contributed by atoms with Crippen LogP contribution in [0.2, 0.25) is 0 Å². The van der Waals surface area contributed by atoms with Crippen molar-refractivity contribution in [2.45, 2.75) is 19.3 Å². The van der Waals surface area contributed by atoms with E-state index >= 15 is 0 Å². The monoisotopic (exact) mass is 707 g/mol. The van der Waals surface area contributed by atoms with E-state index in [0.29, 0.717) is 0 Å². The number of benzene rings is 8. The molecule has 0 saturated heterocycles. The van der Waals surface area contributed by atoms with E-state index in [1.807, 2.05) is 23.5 Å². The molecule has 0 N–H and O–H groups in total. The maximum atomic E-state index is 6.18. The minimum absolute atomic E-state index is 0.160. The summed E-state index contributed by atoms with van der Waals surface area (Å²) in [7, 11) is 0. The normalized spacial score (nSPS) is 13.5. The SMILES string of the molecule is CC1(C)c2cc(-n3c4ccc(-c5ccccc5)cc4c4cc(-c5ccc6oc7ccccc7c6c5)ccc43)ccc2-c2ccc3sc4ccccc4c3c21. The topological polar surface area (TPSA) is 18.1 Å². The number of thiophene rings is 1. The van der Waals surface area contributed by atoms with Crippen molar-refractivity contribution in [2.24, 2.45) is 0 Å². The van der Waals surface area contributed by atoms with Crippen LogP contribution in [0.5, 0.6) is 0 Å². The molecule has 0 amide bonds. The van der Waals surface area contributed by atoms with Crippen LogP contribution in [-0.2, 0) is 5.41 Å². The Hall–Kier alpha value is -6.42. The second-order valence-electron chi connectivity index (χ2n) is 15.3. The number of furan rings is 1. The molecular weight excluding hydrogens is 675 g/mol. The Morgan fingerprint density at radius 2 is 1.09 bits per heavy atom. The van der Waals surface area contributed by atoms with Gasteiger partial charge in [-0.3, -0.25) is 0 Å². The van der Waals surface area contributed by atoms with Gasteiger partial charge < -0.3 is 8.98 Å². The van der Waals surface area contributed by atoms with Crippen LogP contribution in [0.15, 0.2) is 168 Å². The van der Waals surface area contributed by atoms with Crippen LogP contribution in [0.3, 0.4) is 0 Å². The zero-order valence-corrected chi connectivity index (χ0v) is 30.7. The molecule has 0 radical (unpaired) electrons. The van der Waals surface area contributed by atoms with Crippen LogP contribution in [0, 0.1) is 0 Å². The highest BCUT2D eigenvalue weighted by Gasteiger charge is 2.38. The van der Waals surface area contributed by atoms with E-state index in [9.17, 15) is 0 Å². The number of fused-ring (bicyclic) bond motifs is 13. The Labute approximate surface area is 316 Å². The molecule has 3 heterocycles. The van der Waals surface area contributed by atoms with E-state index in [0.717, 1.165) is 21.9 Å². The Kier molecular flexibility index (Phi) is 6.03. The molecular formula is C51H33NOS. The number of hydrogen-bond acceptors (Lipinski definition) is 2. The van der Waals surface area contributed by atoms with Crippen molar-refractivity contribution in [3.63, 3.8) is 0 Å². The lowest BCUT2D eigenvalue weighted by Gasteiger charge is -2.23. The van der Waals surface area contributed by atoms with Crippen LogP contribution in [0.4, 0.5) is 0 Å². The van der Waals surface area contributed by atoms with E-state index in [4.69, 9.17) is 4.42 Å². The summed E-state index contributed by atoms with van der Waals surface area (Å²) in [5.41, 5.74) is 15.6. The maximum Gasteiger partial charge on any atom is 0.135 e. The van der Waals surface area contributed by atoms with Gasteiger partial charge in [-0.05, 0) is 111 Å². The Bertz CT molecular complexity index is 3360. The van der Waals surface area contributed by atoms with E-state index in [1.165, 1.54) is 92.2 Å². The molecule has 54 heavy (non-hydrogen) atoms. The Morgan fingerprint density at radius 1 is 0.463 bits per heavy atom. The average Bonchev–Trinajstić information content (AvgIpc) is 3.94. The smallest absolute Gasteiger partial charge is 0.135 e.